The van der Waals surface area contributed by atoms with E-state index < -0.39 is 23.5 Å². The number of rotatable bonds is 5. The summed E-state index contributed by atoms with van der Waals surface area (Å²) in [6.45, 7) is 2.86. The van der Waals surface area contributed by atoms with Gasteiger partial charge in [-0.15, -0.1) is 0 Å². The maximum absolute atomic E-state index is 12.3. The summed E-state index contributed by atoms with van der Waals surface area (Å²) >= 11 is 0. The second-order valence-corrected chi connectivity index (χ2v) is 3.90. The van der Waals surface area contributed by atoms with E-state index in [9.17, 15) is 22.8 Å². The molecule has 0 N–H and O–H groups in total. The van der Waals surface area contributed by atoms with Gasteiger partial charge in [0.2, 0.25) is 0 Å². The number of halogens is 3. The Bertz CT molecular complexity index is 509. The largest absolute Gasteiger partial charge is 0.482 e. The second-order valence-electron chi connectivity index (χ2n) is 3.90. The van der Waals surface area contributed by atoms with E-state index in [0.717, 1.165) is 6.07 Å². The molecule has 1 aromatic rings. The lowest BCUT2D eigenvalue weighted by Crippen LogP contribution is -2.23. The summed E-state index contributed by atoms with van der Waals surface area (Å²) in [5, 5.41) is 0. The molecule has 4 nitrogen and oxygen atoms in total. The smallest absolute Gasteiger partial charge is 0.454 e. The van der Waals surface area contributed by atoms with Crippen molar-refractivity contribution in [3.63, 3.8) is 0 Å². The van der Waals surface area contributed by atoms with Crippen LogP contribution >= 0.6 is 0 Å². The van der Waals surface area contributed by atoms with Crippen LogP contribution in [0.15, 0.2) is 18.2 Å². The zero-order chi connectivity index (χ0) is 15.3. The molecule has 0 heterocycles. The fourth-order valence-corrected chi connectivity index (χ4v) is 1.48. The van der Waals surface area contributed by atoms with Gasteiger partial charge in [-0.05, 0) is 37.6 Å². The van der Waals surface area contributed by atoms with Crippen LogP contribution in [0.1, 0.15) is 22.8 Å². The molecule has 0 aliphatic heterocycles. The fraction of sp³-hybridized carbons (Fsp3) is 0.385. The van der Waals surface area contributed by atoms with Crippen LogP contribution in [-0.4, -0.2) is 31.1 Å². The number of Topliss-reactive ketones (excluding diaryl/α,β-unsaturated/α-hetero) is 1. The predicted octanol–water partition coefficient (Wildman–Crippen LogP) is 2.68. The van der Waals surface area contributed by atoms with Gasteiger partial charge < -0.3 is 9.47 Å². The van der Waals surface area contributed by atoms with E-state index in [4.69, 9.17) is 4.74 Å². The van der Waals surface area contributed by atoms with Gasteiger partial charge in [-0.25, -0.2) is 4.79 Å². The molecule has 0 aliphatic rings. The van der Waals surface area contributed by atoms with Crippen molar-refractivity contribution in [1.29, 1.82) is 0 Å². The first-order chi connectivity index (χ1) is 9.25. The van der Waals surface area contributed by atoms with Gasteiger partial charge in [-0.2, -0.15) is 13.2 Å². The van der Waals surface area contributed by atoms with Crippen LogP contribution in [0.2, 0.25) is 0 Å². The summed E-state index contributed by atoms with van der Waals surface area (Å²) in [5.74, 6) is -2.30. The van der Waals surface area contributed by atoms with Gasteiger partial charge in [-0.1, -0.05) is 0 Å². The van der Waals surface area contributed by atoms with Crippen molar-refractivity contribution in [2.45, 2.75) is 20.0 Å². The van der Waals surface area contributed by atoms with E-state index in [2.05, 4.69) is 4.74 Å². The van der Waals surface area contributed by atoms with Gasteiger partial charge in [0.1, 0.15) is 5.75 Å². The summed E-state index contributed by atoms with van der Waals surface area (Å²) in [6.07, 6.45) is -4.92. The van der Waals surface area contributed by atoms with Crippen LogP contribution in [0.4, 0.5) is 13.2 Å². The molecule has 0 aromatic heterocycles. The van der Waals surface area contributed by atoms with E-state index in [0.29, 0.717) is 0 Å². The number of hydrogen-bond donors (Lipinski definition) is 0. The first-order valence-corrected chi connectivity index (χ1v) is 5.76. The van der Waals surface area contributed by atoms with E-state index in [1.807, 2.05) is 0 Å². The number of esters is 1. The van der Waals surface area contributed by atoms with Crippen molar-refractivity contribution in [1.82, 2.24) is 0 Å². The number of ketones is 1. The molecule has 20 heavy (non-hydrogen) atoms. The Labute approximate surface area is 113 Å². The zero-order valence-corrected chi connectivity index (χ0v) is 10.9. The highest BCUT2D eigenvalue weighted by Gasteiger charge is 2.39. The molecule has 0 radical (unpaired) electrons. The number of carbonyl (C=O) groups excluding carboxylic acids is 2. The van der Waals surface area contributed by atoms with Gasteiger partial charge in [0.05, 0.1) is 6.61 Å². The van der Waals surface area contributed by atoms with Crippen LogP contribution in [0, 0.1) is 6.92 Å². The van der Waals surface area contributed by atoms with Gasteiger partial charge in [0.25, 0.3) is 5.78 Å². The van der Waals surface area contributed by atoms with Crippen LogP contribution < -0.4 is 4.74 Å². The minimum Gasteiger partial charge on any atom is -0.482 e. The number of benzene rings is 1. The van der Waals surface area contributed by atoms with E-state index in [1.54, 1.807) is 6.92 Å². The topological polar surface area (TPSA) is 52.6 Å². The lowest BCUT2D eigenvalue weighted by molar-refractivity contribution is -0.145. The minimum absolute atomic E-state index is 0.119. The minimum atomic E-state index is -4.92. The molecule has 0 aliphatic carbocycles. The molecule has 0 fully saturated rings. The number of ether oxygens (including phenoxy) is 2. The molecule has 1 aromatic carbocycles. The van der Waals surface area contributed by atoms with E-state index in [-0.39, 0.29) is 24.5 Å². The Hall–Kier alpha value is -2.05. The molecule has 7 heteroatoms. The van der Waals surface area contributed by atoms with Crippen molar-refractivity contribution in [2.24, 2.45) is 0 Å². The molecular weight excluding hydrogens is 277 g/mol. The molecule has 0 saturated heterocycles. The fourth-order valence-electron chi connectivity index (χ4n) is 1.48. The summed E-state index contributed by atoms with van der Waals surface area (Å²) < 4.78 is 46.6. The third-order valence-electron chi connectivity index (χ3n) is 2.36. The normalized spacial score (nSPS) is 11.1. The Morgan fingerprint density at radius 1 is 1.25 bits per heavy atom. The number of carbonyl (C=O) groups is 2. The van der Waals surface area contributed by atoms with Gasteiger partial charge in [-0.3, -0.25) is 4.79 Å². The van der Waals surface area contributed by atoms with E-state index in [1.165, 1.54) is 19.1 Å². The van der Waals surface area contributed by atoms with E-state index >= 15 is 0 Å². The molecule has 0 unspecified atom stereocenters. The number of alkyl halides is 3. The quantitative estimate of drug-likeness (QED) is 0.618. The van der Waals surface area contributed by atoms with Crippen molar-refractivity contribution >= 4 is 11.8 Å². The van der Waals surface area contributed by atoms with Crippen molar-refractivity contribution in [2.75, 3.05) is 13.2 Å². The molecule has 0 bridgehead atoms. The zero-order valence-electron chi connectivity index (χ0n) is 10.9. The number of aryl methyl sites for hydroxylation is 1. The summed E-state index contributed by atoms with van der Waals surface area (Å²) in [6, 6.07) is 3.48. The Morgan fingerprint density at radius 2 is 1.90 bits per heavy atom. The average Bonchev–Trinajstić information content (AvgIpc) is 2.35. The molecule has 0 saturated carbocycles. The Kier molecular flexibility index (Phi) is 5.12. The Morgan fingerprint density at radius 3 is 2.40 bits per heavy atom. The van der Waals surface area contributed by atoms with Gasteiger partial charge in [0, 0.05) is 5.56 Å². The molecule has 0 amide bonds. The summed E-state index contributed by atoms with van der Waals surface area (Å²) in [4.78, 5) is 22.2. The molecule has 110 valence electrons. The standard InChI is InChI=1S/C13H13F3O4/c1-3-19-11(17)7-20-9-4-5-10(8(2)6-9)12(18)13(14,15)16/h4-6H,3,7H2,1-2H3. The molecular formula is C13H13F3O4. The second kappa shape index (κ2) is 6.40. The van der Waals surface area contributed by atoms with Crippen molar-refractivity contribution < 1.29 is 32.2 Å². The van der Waals surface area contributed by atoms with Gasteiger partial charge in [0.15, 0.2) is 6.61 Å². The van der Waals surface area contributed by atoms with Crippen LogP contribution in [0.25, 0.3) is 0 Å². The number of hydrogen-bond acceptors (Lipinski definition) is 4. The third-order valence-corrected chi connectivity index (χ3v) is 2.36. The van der Waals surface area contributed by atoms with Gasteiger partial charge >= 0.3 is 12.1 Å². The van der Waals surface area contributed by atoms with Crippen molar-refractivity contribution in [3.05, 3.63) is 29.3 Å². The maximum atomic E-state index is 12.3. The highest BCUT2D eigenvalue weighted by atomic mass is 19.4. The summed E-state index contributed by atoms with van der Waals surface area (Å²) in [7, 11) is 0. The predicted molar refractivity (Wildman–Crippen MR) is 63.7 cm³/mol. The van der Waals surface area contributed by atoms with Crippen LogP contribution in [0.3, 0.4) is 0 Å². The average molecular weight is 290 g/mol. The first-order valence-electron chi connectivity index (χ1n) is 5.76. The third kappa shape index (κ3) is 4.25. The Balaban J connectivity index is 2.79. The maximum Gasteiger partial charge on any atom is 0.454 e. The van der Waals surface area contributed by atoms with Crippen molar-refractivity contribution in [3.8, 4) is 5.75 Å². The monoisotopic (exact) mass is 290 g/mol. The lowest BCUT2D eigenvalue weighted by atomic mass is 10.0. The highest BCUT2D eigenvalue weighted by molar-refractivity contribution is 6.01. The van der Waals surface area contributed by atoms with Crippen LogP contribution in [-0.2, 0) is 9.53 Å². The van der Waals surface area contributed by atoms with Crippen LogP contribution in [0.5, 0.6) is 5.75 Å². The summed E-state index contributed by atoms with van der Waals surface area (Å²) in [5.41, 5.74) is -0.324. The first kappa shape index (κ1) is 16.0. The molecule has 0 spiro atoms. The molecule has 1 rings (SSSR count). The SMILES string of the molecule is CCOC(=O)COc1ccc(C(=O)C(F)(F)F)c(C)c1. The highest BCUT2D eigenvalue weighted by Crippen LogP contribution is 2.25. The molecule has 0 atom stereocenters. The lowest BCUT2D eigenvalue weighted by Gasteiger charge is -2.10.